The third kappa shape index (κ3) is 8.56. The first-order valence-corrected chi connectivity index (χ1v) is 15.1. The smallest absolute Gasteiger partial charge is 0.337 e. The molecule has 0 aromatic heterocycles. The van der Waals surface area contributed by atoms with Gasteiger partial charge in [0.05, 0.1) is 17.7 Å². The van der Waals surface area contributed by atoms with Crippen molar-refractivity contribution in [3.8, 4) is 5.75 Å². The highest BCUT2D eigenvalue weighted by molar-refractivity contribution is 6.30. The van der Waals surface area contributed by atoms with Gasteiger partial charge in [-0.3, -0.25) is 4.99 Å². The average Bonchev–Trinajstić information content (AvgIpc) is 2.91. The van der Waals surface area contributed by atoms with E-state index in [0.29, 0.717) is 24.1 Å². The number of hydrogen-bond donors (Lipinski definition) is 1. The van der Waals surface area contributed by atoms with Crippen molar-refractivity contribution in [3.05, 3.63) is 52.2 Å². The summed E-state index contributed by atoms with van der Waals surface area (Å²) in [4.78, 5) is 24.2. The van der Waals surface area contributed by atoms with Gasteiger partial charge in [0.1, 0.15) is 13.2 Å². The highest BCUT2D eigenvalue weighted by Gasteiger charge is 2.40. The maximum absolute atomic E-state index is 14.7. The van der Waals surface area contributed by atoms with Gasteiger partial charge in [0, 0.05) is 41.5 Å². The predicted octanol–water partition coefficient (Wildman–Crippen LogP) is 6.78. The van der Waals surface area contributed by atoms with Crippen LogP contribution in [-0.4, -0.2) is 77.7 Å². The van der Waals surface area contributed by atoms with Crippen LogP contribution >= 0.6 is 11.6 Å². The van der Waals surface area contributed by atoms with Crippen LogP contribution in [0.4, 0.5) is 8.78 Å². The fraction of sp³-hybridized carbons (Fsp3) is 0.594. The molecule has 0 saturated carbocycles. The number of aliphatic imine (C=N–C) groups is 2. The van der Waals surface area contributed by atoms with E-state index in [9.17, 15) is 18.7 Å². The summed E-state index contributed by atoms with van der Waals surface area (Å²) in [5.41, 5.74) is 1.58. The quantitative estimate of drug-likeness (QED) is 0.306. The van der Waals surface area contributed by atoms with Crippen LogP contribution in [-0.2, 0) is 14.3 Å². The lowest BCUT2D eigenvalue weighted by Gasteiger charge is -2.43. The molecule has 8 nitrogen and oxygen atoms in total. The van der Waals surface area contributed by atoms with E-state index in [2.05, 4.69) is 23.7 Å². The number of hydrogen-bond acceptors (Lipinski definition) is 7. The minimum Gasteiger partial charge on any atom is -0.487 e. The number of piperidine rings is 1. The zero-order chi connectivity index (χ0) is 31.5. The van der Waals surface area contributed by atoms with Gasteiger partial charge in [-0.1, -0.05) is 25.4 Å². The summed E-state index contributed by atoms with van der Waals surface area (Å²) in [7, 11) is 0. The molecule has 0 radical (unpaired) electrons. The van der Waals surface area contributed by atoms with Crippen LogP contribution < -0.4 is 4.74 Å². The number of halogens is 3. The van der Waals surface area contributed by atoms with E-state index in [-0.39, 0.29) is 41.3 Å². The van der Waals surface area contributed by atoms with Crippen molar-refractivity contribution in [2.24, 2.45) is 15.4 Å². The zero-order valence-electron chi connectivity index (χ0n) is 25.8. The number of carboxylic acid groups (broad SMARTS) is 1. The SMILES string of the molecule is CC1=NC([C@@H]2CC=C(F)C(OCCOc3ccc(Cl)cc3F)=N2)CC(N2CCC(C)(C)CC2)=C1[C@H](OC(C)(C)C)C(=O)O. The molecule has 1 saturated heterocycles. The first-order valence-electron chi connectivity index (χ1n) is 14.7. The highest BCUT2D eigenvalue weighted by atomic mass is 35.5. The number of benzene rings is 1. The number of carboxylic acids is 1. The second-order valence-corrected chi connectivity index (χ2v) is 13.4. The Balaban J connectivity index is 1.53. The molecule has 1 fully saturated rings. The van der Waals surface area contributed by atoms with Crippen LogP contribution in [0.15, 0.2) is 51.4 Å². The van der Waals surface area contributed by atoms with Crippen LogP contribution in [0.25, 0.3) is 0 Å². The first-order chi connectivity index (χ1) is 20.1. The molecule has 1 aromatic carbocycles. The lowest BCUT2D eigenvalue weighted by Crippen LogP contribution is -2.45. The number of carbonyl (C=O) groups is 1. The molecule has 236 valence electrons. The van der Waals surface area contributed by atoms with Crippen molar-refractivity contribution < 1.29 is 32.9 Å². The number of rotatable bonds is 9. The van der Waals surface area contributed by atoms with E-state index >= 15 is 0 Å². The zero-order valence-corrected chi connectivity index (χ0v) is 26.5. The Morgan fingerprint density at radius 3 is 2.44 bits per heavy atom. The van der Waals surface area contributed by atoms with Gasteiger partial charge in [0.25, 0.3) is 0 Å². The van der Waals surface area contributed by atoms with E-state index < -0.39 is 35.4 Å². The summed E-state index contributed by atoms with van der Waals surface area (Å²) in [6.45, 7) is 13.3. The topological polar surface area (TPSA) is 93.0 Å². The molecule has 1 unspecified atom stereocenters. The third-order valence-corrected chi connectivity index (χ3v) is 8.10. The number of aliphatic carboxylic acids is 1. The van der Waals surface area contributed by atoms with Crippen molar-refractivity contribution in [2.45, 2.75) is 91.0 Å². The fourth-order valence-electron chi connectivity index (χ4n) is 5.52. The maximum atomic E-state index is 14.7. The highest BCUT2D eigenvalue weighted by Crippen LogP contribution is 2.38. The Kier molecular flexibility index (Phi) is 10.2. The van der Waals surface area contributed by atoms with E-state index in [0.717, 1.165) is 37.7 Å². The van der Waals surface area contributed by atoms with Crippen LogP contribution in [0.5, 0.6) is 5.75 Å². The van der Waals surface area contributed by atoms with Crippen LogP contribution in [0.3, 0.4) is 0 Å². The van der Waals surface area contributed by atoms with Gasteiger partial charge in [0.2, 0.25) is 5.90 Å². The van der Waals surface area contributed by atoms with Crippen LogP contribution in [0.2, 0.25) is 5.02 Å². The van der Waals surface area contributed by atoms with Gasteiger partial charge >= 0.3 is 5.97 Å². The molecule has 3 aliphatic heterocycles. The summed E-state index contributed by atoms with van der Waals surface area (Å²) < 4.78 is 45.8. The summed E-state index contributed by atoms with van der Waals surface area (Å²) in [5.74, 6) is -2.38. The molecule has 0 amide bonds. The summed E-state index contributed by atoms with van der Waals surface area (Å²) in [6.07, 6.45) is 2.97. The second-order valence-electron chi connectivity index (χ2n) is 13.0. The first kappa shape index (κ1) is 32.9. The van der Waals surface area contributed by atoms with Crippen molar-refractivity contribution in [3.63, 3.8) is 0 Å². The van der Waals surface area contributed by atoms with E-state index in [1.807, 2.05) is 27.7 Å². The molecule has 1 N–H and O–H groups in total. The Bertz CT molecular complexity index is 1320. The monoisotopic (exact) mass is 621 g/mol. The average molecular weight is 622 g/mol. The maximum Gasteiger partial charge on any atom is 0.337 e. The summed E-state index contributed by atoms with van der Waals surface area (Å²) in [5, 5.41) is 10.5. The van der Waals surface area contributed by atoms with Gasteiger partial charge < -0.3 is 24.2 Å². The normalized spacial score (nSPS) is 23.3. The van der Waals surface area contributed by atoms with Gasteiger partial charge in [-0.25, -0.2) is 18.6 Å². The Morgan fingerprint density at radius 1 is 1.14 bits per heavy atom. The summed E-state index contributed by atoms with van der Waals surface area (Å²) >= 11 is 5.78. The van der Waals surface area contributed by atoms with Gasteiger partial charge in [-0.2, -0.15) is 0 Å². The Labute approximate surface area is 257 Å². The molecule has 0 aliphatic carbocycles. The minimum absolute atomic E-state index is 0.0193. The van der Waals surface area contributed by atoms with Crippen molar-refractivity contribution in [1.82, 2.24) is 4.90 Å². The van der Waals surface area contributed by atoms with Gasteiger partial charge in [-0.15, -0.1) is 0 Å². The van der Waals surface area contributed by atoms with E-state index in [1.165, 1.54) is 18.2 Å². The molecule has 43 heavy (non-hydrogen) atoms. The van der Waals surface area contributed by atoms with Crippen molar-refractivity contribution >= 4 is 29.2 Å². The second kappa shape index (κ2) is 13.3. The lowest BCUT2D eigenvalue weighted by atomic mass is 9.81. The standard InChI is InChI=1S/C32H42ClF2N3O5/c1-19-27(28(30(39)40)43-31(2,3)4)25(38-13-11-32(5,6)12-14-38)18-24(36-19)23-9-8-21(34)29(37-23)42-16-15-41-26-10-7-20(33)17-22(26)35/h7-8,10,17,23-24,28H,9,11-16,18H2,1-6H3,(H,39,40)/t23-,24?,28-/m0/s1. The minimum atomic E-state index is -1.17. The molecule has 3 heterocycles. The van der Waals surface area contributed by atoms with Crippen LogP contribution in [0, 0.1) is 11.2 Å². The molecule has 3 atom stereocenters. The summed E-state index contributed by atoms with van der Waals surface area (Å²) in [6, 6.07) is 3.32. The molecule has 3 aliphatic rings. The number of likely N-dealkylation sites (tertiary alicyclic amines) is 1. The number of nitrogens with zero attached hydrogens (tertiary/aromatic N) is 3. The van der Waals surface area contributed by atoms with Gasteiger partial charge in [-0.05, 0) is 76.6 Å². The Morgan fingerprint density at radius 2 is 1.81 bits per heavy atom. The molecule has 4 rings (SSSR count). The predicted molar refractivity (Wildman–Crippen MR) is 163 cm³/mol. The number of dihydropyridines is 2. The molecule has 11 heteroatoms. The van der Waals surface area contributed by atoms with Crippen molar-refractivity contribution in [1.29, 1.82) is 0 Å². The molecule has 0 spiro atoms. The largest absolute Gasteiger partial charge is 0.487 e. The Hall–Kier alpha value is -2.98. The van der Waals surface area contributed by atoms with E-state index in [4.69, 9.17) is 30.8 Å². The third-order valence-electron chi connectivity index (χ3n) is 7.86. The molecule has 1 aromatic rings. The van der Waals surface area contributed by atoms with E-state index in [1.54, 1.807) is 0 Å². The molecular formula is C32H42ClF2N3O5. The number of ether oxygens (including phenoxy) is 3. The van der Waals surface area contributed by atoms with Crippen molar-refractivity contribution in [2.75, 3.05) is 26.3 Å². The molecule has 0 bridgehead atoms. The van der Waals surface area contributed by atoms with Gasteiger partial charge in [0.15, 0.2) is 23.5 Å². The fourth-order valence-corrected chi connectivity index (χ4v) is 5.68. The van der Waals surface area contributed by atoms with Crippen LogP contribution in [0.1, 0.15) is 67.2 Å². The molecular weight excluding hydrogens is 580 g/mol. The lowest BCUT2D eigenvalue weighted by molar-refractivity contribution is -0.155.